The topological polar surface area (TPSA) is 38.9 Å². The summed E-state index contributed by atoms with van der Waals surface area (Å²) in [6, 6.07) is 0. The smallest absolute Gasteiger partial charge is 0.181 e. The minimum Gasteiger partial charge on any atom is -0.375 e. The average Bonchev–Trinajstić information content (AvgIpc) is 2.10. The summed E-state index contributed by atoms with van der Waals surface area (Å²) in [5.41, 5.74) is 6.03. The van der Waals surface area contributed by atoms with Gasteiger partial charge < -0.3 is 5.73 Å². The molecule has 2 nitrogen and oxygen atoms in total. The van der Waals surface area contributed by atoms with E-state index in [9.17, 15) is 0 Å². The SMILES string of the molecule is C#Cc1nc(N)sc1C. The van der Waals surface area contributed by atoms with Crippen molar-refractivity contribution in [2.75, 3.05) is 5.73 Å². The number of rotatable bonds is 0. The predicted octanol–water partition coefficient (Wildman–Crippen LogP) is 1.02. The minimum atomic E-state index is 0.542. The van der Waals surface area contributed by atoms with Gasteiger partial charge in [-0.15, -0.1) is 17.8 Å². The Morgan fingerprint density at radius 3 is 2.67 bits per heavy atom. The average molecular weight is 138 g/mol. The highest BCUT2D eigenvalue weighted by molar-refractivity contribution is 7.15. The Kier molecular flexibility index (Phi) is 1.41. The van der Waals surface area contributed by atoms with Gasteiger partial charge in [0.05, 0.1) is 0 Å². The van der Waals surface area contributed by atoms with Gasteiger partial charge in [0.1, 0.15) is 5.69 Å². The lowest BCUT2D eigenvalue weighted by Crippen LogP contribution is -1.81. The van der Waals surface area contributed by atoms with Crippen molar-refractivity contribution in [3.63, 3.8) is 0 Å². The Balaban J connectivity index is 3.20. The summed E-state index contributed by atoms with van der Waals surface area (Å²) < 4.78 is 0. The quantitative estimate of drug-likeness (QED) is 0.543. The molecule has 0 aliphatic heterocycles. The maximum Gasteiger partial charge on any atom is 0.181 e. The van der Waals surface area contributed by atoms with Gasteiger partial charge in [0.25, 0.3) is 0 Å². The zero-order valence-electron chi connectivity index (χ0n) is 5.01. The van der Waals surface area contributed by atoms with Crippen LogP contribution < -0.4 is 5.73 Å². The summed E-state index contributed by atoms with van der Waals surface area (Å²) >= 11 is 1.42. The monoisotopic (exact) mass is 138 g/mol. The van der Waals surface area contributed by atoms with Gasteiger partial charge in [-0.2, -0.15) is 0 Å². The zero-order chi connectivity index (χ0) is 6.85. The molecule has 0 atom stereocenters. The highest BCUT2D eigenvalue weighted by Gasteiger charge is 1.99. The summed E-state index contributed by atoms with van der Waals surface area (Å²) in [5, 5.41) is 0.542. The Bertz CT molecular complexity index is 257. The molecular formula is C6H6N2S. The van der Waals surface area contributed by atoms with Crippen molar-refractivity contribution in [1.82, 2.24) is 4.98 Å². The maximum atomic E-state index is 5.37. The molecule has 9 heavy (non-hydrogen) atoms. The van der Waals surface area contributed by atoms with Crippen molar-refractivity contribution < 1.29 is 0 Å². The first-order valence-electron chi connectivity index (χ1n) is 2.43. The molecule has 46 valence electrons. The van der Waals surface area contributed by atoms with E-state index in [2.05, 4.69) is 10.9 Å². The fraction of sp³-hybridized carbons (Fsp3) is 0.167. The molecule has 2 N–H and O–H groups in total. The van der Waals surface area contributed by atoms with E-state index in [4.69, 9.17) is 12.2 Å². The van der Waals surface area contributed by atoms with Crippen LogP contribution >= 0.6 is 11.3 Å². The van der Waals surface area contributed by atoms with Crippen molar-refractivity contribution in [3.8, 4) is 12.3 Å². The van der Waals surface area contributed by atoms with Gasteiger partial charge in [0.15, 0.2) is 5.13 Å². The molecule has 0 fully saturated rings. The molecule has 0 amide bonds. The molecule has 0 unspecified atom stereocenters. The molecule has 1 aromatic heterocycles. The third-order valence-corrected chi connectivity index (χ3v) is 1.75. The van der Waals surface area contributed by atoms with E-state index in [1.807, 2.05) is 6.92 Å². The Morgan fingerprint density at radius 2 is 2.44 bits per heavy atom. The number of nitrogens with two attached hydrogens (primary N) is 1. The van der Waals surface area contributed by atoms with Crippen LogP contribution in [0.1, 0.15) is 10.6 Å². The summed E-state index contributed by atoms with van der Waals surface area (Å²) in [6.45, 7) is 1.91. The molecule has 3 heteroatoms. The summed E-state index contributed by atoms with van der Waals surface area (Å²) in [6.07, 6.45) is 5.10. The van der Waals surface area contributed by atoms with Gasteiger partial charge in [0.2, 0.25) is 0 Å². The predicted molar refractivity (Wildman–Crippen MR) is 39.2 cm³/mol. The second-order valence-electron chi connectivity index (χ2n) is 1.60. The summed E-state index contributed by atoms with van der Waals surface area (Å²) in [7, 11) is 0. The Hall–Kier alpha value is -1.01. The third kappa shape index (κ3) is 1.03. The van der Waals surface area contributed by atoms with Crippen LogP contribution in [0.25, 0.3) is 0 Å². The van der Waals surface area contributed by atoms with Crippen LogP contribution in [0.3, 0.4) is 0 Å². The zero-order valence-corrected chi connectivity index (χ0v) is 5.83. The lowest BCUT2D eigenvalue weighted by Gasteiger charge is -1.77. The van der Waals surface area contributed by atoms with Crippen molar-refractivity contribution in [2.24, 2.45) is 0 Å². The van der Waals surface area contributed by atoms with Crippen molar-refractivity contribution >= 4 is 16.5 Å². The van der Waals surface area contributed by atoms with Crippen molar-refractivity contribution in [2.45, 2.75) is 6.92 Å². The van der Waals surface area contributed by atoms with Gasteiger partial charge in [-0.1, -0.05) is 0 Å². The largest absolute Gasteiger partial charge is 0.375 e. The van der Waals surface area contributed by atoms with E-state index >= 15 is 0 Å². The highest BCUT2D eigenvalue weighted by Crippen LogP contribution is 2.17. The molecule has 0 saturated carbocycles. The van der Waals surface area contributed by atoms with Crippen molar-refractivity contribution in [3.05, 3.63) is 10.6 Å². The fourth-order valence-electron chi connectivity index (χ4n) is 0.551. The van der Waals surface area contributed by atoms with Gasteiger partial charge in [-0.25, -0.2) is 4.98 Å². The van der Waals surface area contributed by atoms with Crippen LogP contribution in [0.15, 0.2) is 0 Å². The number of hydrogen-bond acceptors (Lipinski definition) is 3. The molecule has 1 heterocycles. The fourth-order valence-corrected chi connectivity index (χ4v) is 1.20. The first kappa shape index (κ1) is 6.12. The first-order valence-corrected chi connectivity index (χ1v) is 3.25. The molecule has 0 radical (unpaired) electrons. The number of nitrogen functional groups attached to an aromatic ring is 1. The van der Waals surface area contributed by atoms with E-state index in [0.717, 1.165) is 4.88 Å². The second-order valence-corrected chi connectivity index (χ2v) is 2.84. The Labute approximate surface area is 57.7 Å². The van der Waals surface area contributed by atoms with E-state index in [-0.39, 0.29) is 0 Å². The standard InChI is InChI=1S/C6H6N2S/c1-3-5-4(2)9-6(7)8-5/h1H,2H3,(H2,7,8). The molecule has 0 bridgehead atoms. The number of hydrogen-bond donors (Lipinski definition) is 1. The molecule has 0 spiro atoms. The van der Waals surface area contributed by atoms with E-state index in [1.165, 1.54) is 11.3 Å². The maximum absolute atomic E-state index is 5.37. The normalized spacial score (nSPS) is 8.89. The lowest BCUT2D eigenvalue weighted by atomic mass is 10.4. The molecule has 1 aromatic rings. The number of anilines is 1. The minimum absolute atomic E-state index is 0.542. The summed E-state index contributed by atoms with van der Waals surface area (Å²) in [5.74, 6) is 2.44. The van der Waals surface area contributed by atoms with Gasteiger partial charge >= 0.3 is 0 Å². The van der Waals surface area contributed by atoms with Crippen LogP contribution in [0.5, 0.6) is 0 Å². The lowest BCUT2D eigenvalue weighted by molar-refractivity contribution is 1.34. The highest BCUT2D eigenvalue weighted by atomic mass is 32.1. The van der Waals surface area contributed by atoms with Crippen LogP contribution in [0.4, 0.5) is 5.13 Å². The molecule has 0 aliphatic rings. The number of thiazole rings is 1. The molecule has 0 aliphatic carbocycles. The molecule has 0 aromatic carbocycles. The number of aromatic nitrogens is 1. The number of terminal acetylenes is 1. The Morgan fingerprint density at radius 1 is 1.78 bits per heavy atom. The number of nitrogens with zero attached hydrogens (tertiary/aromatic N) is 1. The number of aryl methyl sites for hydroxylation is 1. The van der Waals surface area contributed by atoms with Crippen molar-refractivity contribution in [1.29, 1.82) is 0 Å². The third-order valence-electron chi connectivity index (χ3n) is 0.950. The molecular weight excluding hydrogens is 132 g/mol. The molecule has 1 rings (SSSR count). The van der Waals surface area contributed by atoms with Gasteiger partial charge in [-0.3, -0.25) is 0 Å². The molecule has 0 saturated heterocycles. The first-order chi connectivity index (χ1) is 4.24. The van der Waals surface area contributed by atoms with E-state index < -0.39 is 0 Å². The van der Waals surface area contributed by atoms with Gasteiger partial charge in [-0.05, 0) is 12.8 Å². The van der Waals surface area contributed by atoms with Crippen LogP contribution in [0, 0.1) is 19.3 Å². The van der Waals surface area contributed by atoms with Crippen LogP contribution in [0.2, 0.25) is 0 Å². The van der Waals surface area contributed by atoms with E-state index in [0.29, 0.717) is 10.8 Å². The second kappa shape index (κ2) is 2.08. The summed E-state index contributed by atoms with van der Waals surface area (Å²) in [4.78, 5) is 4.90. The van der Waals surface area contributed by atoms with E-state index in [1.54, 1.807) is 0 Å². The van der Waals surface area contributed by atoms with Crippen LogP contribution in [-0.2, 0) is 0 Å². The van der Waals surface area contributed by atoms with Crippen LogP contribution in [-0.4, -0.2) is 4.98 Å². The van der Waals surface area contributed by atoms with Gasteiger partial charge in [0, 0.05) is 4.88 Å².